The summed E-state index contributed by atoms with van der Waals surface area (Å²) in [5.74, 6) is 0.457. The van der Waals surface area contributed by atoms with Crippen molar-refractivity contribution in [3.63, 3.8) is 0 Å². The monoisotopic (exact) mass is 268 g/mol. The molecule has 0 amide bonds. The zero-order valence-corrected chi connectivity index (χ0v) is 11.3. The van der Waals surface area contributed by atoms with E-state index in [4.69, 9.17) is 5.11 Å². The lowest BCUT2D eigenvalue weighted by atomic mass is 9.89. The van der Waals surface area contributed by atoms with Crippen LogP contribution in [0.4, 0.5) is 0 Å². The highest BCUT2D eigenvalue weighted by atomic mass is 16.4. The molecule has 1 unspecified atom stereocenters. The van der Waals surface area contributed by atoms with Crippen molar-refractivity contribution in [3.05, 3.63) is 47.3 Å². The second kappa shape index (κ2) is 5.04. The number of aryl methyl sites for hydroxylation is 1. The second-order valence-electron chi connectivity index (χ2n) is 5.40. The lowest BCUT2D eigenvalue weighted by Crippen LogP contribution is -2.14. The molecule has 3 rings (SSSR count). The summed E-state index contributed by atoms with van der Waals surface area (Å²) in [6.45, 7) is 2.25. The average molecular weight is 268 g/mol. The van der Waals surface area contributed by atoms with Gasteiger partial charge in [0.25, 0.3) is 0 Å². The number of rotatable bonds is 2. The molecule has 0 bridgehead atoms. The van der Waals surface area contributed by atoms with E-state index in [9.17, 15) is 4.79 Å². The molecular formula is C16H16N2O2. The van der Waals surface area contributed by atoms with E-state index in [2.05, 4.69) is 16.9 Å². The summed E-state index contributed by atoms with van der Waals surface area (Å²) in [5, 5.41) is 8.90. The summed E-state index contributed by atoms with van der Waals surface area (Å²) < 4.78 is 0. The van der Waals surface area contributed by atoms with Crippen LogP contribution in [0, 0.1) is 5.92 Å². The first-order chi connectivity index (χ1) is 9.63. The Hall–Kier alpha value is -2.23. The molecule has 1 N–H and O–H groups in total. The van der Waals surface area contributed by atoms with Crippen molar-refractivity contribution < 1.29 is 9.90 Å². The van der Waals surface area contributed by atoms with Crippen molar-refractivity contribution in [2.75, 3.05) is 0 Å². The molecule has 1 aromatic heterocycles. The quantitative estimate of drug-likeness (QED) is 0.909. The van der Waals surface area contributed by atoms with Gasteiger partial charge in [0.1, 0.15) is 0 Å². The van der Waals surface area contributed by atoms with Crippen LogP contribution < -0.4 is 0 Å². The summed E-state index contributed by atoms with van der Waals surface area (Å²) in [6.07, 6.45) is 5.13. The molecule has 1 heterocycles. The topological polar surface area (TPSA) is 63.1 Å². The van der Waals surface area contributed by atoms with Crippen molar-refractivity contribution in [2.24, 2.45) is 5.92 Å². The van der Waals surface area contributed by atoms with Crippen LogP contribution in [0.2, 0.25) is 0 Å². The summed E-state index contributed by atoms with van der Waals surface area (Å²) in [6, 6.07) is 6.69. The van der Waals surface area contributed by atoms with Crippen LogP contribution >= 0.6 is 0 Å². The number of aromatic carboxylic acids is 1. The van der Waals surface area contributed by atoms with Gasteiger partial charge in [-0.3, -0.25) is 0 Å². The molecule has 1 aliphatic rings. The van der Waals surface area contributed by atoms with Crippen molar-refractivity contribution in [1.82, 2.24) is 9.97 Å². The maximum atomic E-state index is 10.8. The van der Waals surface area contributed by atoms with Crippen LogP contribution in [-0.4, -0.2) is 21.0 Å². The van der Waals surface area contributed by atoms with Crippen molar-refractivity contribution in [1.29, 1.82) is 0 Å². The largest absolute Gasteiger partial charge is 0.478 e. The van der Waals surface area contributed by atoms with Crippen LogP contribution in [0.15, 0.2) is 30.5 Å². The fourth-order valence-electron chi connectivity index (χ4n) is 2.59. The normalized spacial score (nSPS) is 17.6. The maximum Gasteiger partial charge on any atom is 0.335 e. The third-order valence-corrected chi connectivity index (χ3v) is 3.79. The van der Waals surface area contributed by atoms with Crippen molar-refractivity contribution >= 4 is 5.97 Å². The Morgan fingerprint density at radius 1 is 1.30 bits per heavy atom. The Bertz CT molecular complexity index is 650. The Labute approximate surface area is 117 Å². The number of fused-ring (bicyclic) bond motifs is 1. The van der Waals surface area contributed by atoms with Gasteiger partial charge in [0.15, 0.2) is 5.82 Å². The number of carboxylic acid groups (broad SMARTS) is 1. The van der Waals surface area contributed by atoms with Gasteiger partial charge in [-0.05, 0) is 42.9 Å². The van der Waals surface area contributed by atoms with Gasteiger partial charge in [0, 0.05) is 17.5 Å². The van der Waals surface area contributed by atoms with Gasteiger partial charge in [-0.1, -0.05) is 19.1 Å². The predicted molar refractivity (Wildman–Crippen MR) is 75.6 cm³/mol. The molecule has 20 heavy (non-hydrogen) atoms. The van der Waals surface area contributed by atoms with Crippen LogP contribution in [0.5, 0.6) is 0 Å². The van der Waals surface area contributed by atoms with Gasteiger partial charge in [-0.2, -0.15) is 0 Å². The van der Waals surface area contributed by atoms with Gasteiger partial charge in [0.2, 0.25) is 0 Å². The van der Waals surface area contributed by atoms with Crippen LogP contribution in [0.3, 0.4) is 0 Å². The molecule has 1 atom stereocenters. The number of nitrogens with zero attached hydrogens (tertiary/aromatic N) is 2. The summed E-state index contributed by atoms with van der Waals surface area (Å²) in [5.41, 5.74) is 3.52. The van der Waals surface area contributed by atoms with E-state index in [1.807, 2.05) is 6.20 Å². The minimum atomic E-state index is -0.920. The number of carbonyl (C=O) groups is 1. The number of carboxylic acids is 1. The predicted octanol–water partition coefficient (Wildman–Crippen LogP) is 2.97. The summed E-state index contributed by atoms with van der Waals surface area (Å²) in [4.78, 5) is 19.9. The number of benzene rings is 1. The van der Waals surface area contributed by atoms with Gasteiger partial charge < -0.3 is 5.11 Å². The lowest BCUT2D eigenvalue weighted by molar-refractivity contribution is 0.0697. The Balaban J connectivity index is 1.93. The molecule has 2 aromatic rings. The summed E-state index contributed by atoms with van der Waals surface area (Å²) >= 11 is 0. The highest BCUT2D eigenvalue weighted by molar-refractivity contribution is 5.88. The van der Waals surface area contributed by atoms with E-state index < -0.39 is 5.97 Å². The smallest absolute Gasteiger partial charge is 0.335 e. The standard InChI is InChI=1S/C16H16N2O2/c1-10-2-7-14-13(8-10)9-17-15(18-14)11-3-5-12(6-4-11)16(19)20/h3-6,9-10H,2,7-8H2,1H3,(H,19,20). The molecule has 102 valence electrons. The van der Waals surface area contributed by atoms with Crippen LogP contribution in [0.25, 0.3) is 11.4 Å². The molecule has 0 saturated carbocycles. The molecule has 4 nitrogen and oxygen atoms in total. The first-order valence-electron chi connectivity index (χ1n) is 6.82. The third-order valence-electron chi connectivity index (χ3n) is 3.79. The Kier molecular flexibility index (Phi) is 3.22. The van der Waals surface area contributed by atoms with Gasteiger partial charge in [-0.25, -0.2) is 14.8 Å². The SMILES string of the molecule is CC1CCc2nc(-c3ccc(C(=O)O)cc3)ncc2C1. The van der Waals surface area contributed by atoms with E-state index in [1.165, 1.54) is 12.0 Å². The molecule has 4 heteroatoms. The molecule has 0 fully saturated rings. The van der Waals surface area contributed by atoms with E-state index in [0.29, 0.717) is 11.7 Å². The molecular weight excluding hydrogens is 252 g/mol. The minimum Gasteiger partial charge on any atom is -0.478 e. The third kappa shape index (κ3) is 2.41. The Morgan fingerprint density at radius 3 is 2.75 bits per heavy atom. The van der Waals surface area contributed by atoms with E-state index >= 15 is 0 Å². The highest BCUT2D eigenvalue weighted by Gasteiger charge is 2.17. The maximum absolute atomic E-state index is 10.8. The zero-order valence-electron chi connectivity index (χ0n) is 11.3. The molecule has 1 aliphatic carbocycles. The van der Waals surface area contributed by atoms with Gasteiger partial charge in [-0.15, -0.1) is 0 Å². The second-order valence-corrected chi connectivity index (χ2v) is 5.40. The fourth-order valence-corrected chi connectivity index (χ4v) is 2.59. The van der Waals surface area contributed by atoms with Crippen molar-refractivity contribution in [3.8, 4) is 11.4 Å². The highest BCUT2D eigenvalue weighted by Crippen LogP contribution is 2.25. The first kappa shape index (κ1) is 12.8. The molecule has 0 saturated heterocycles. The average Bonchev–Trinajstić information content (AvgIpc) is 2.47. The van der Waals surface area contributed by atoms with Crippen LogP contribution in [-0.2, 0) is 12.8 Å². The molecule has 0 aliphatic heterocycles. The van der Waals surface area contributed by atoms with Crippen LogP contribution in [0.1, 0.15) is 35.0 Å². The lowest BCUT2D eigenvalue weighted by Gasteiger charge is -2.20. The Morgan fingerprint density at radius 2 is 2.05 bits per heavy atom. The van der Waals surface area contributed by atoms with E-state index in [0.717, 1.165) is 24.1 Å². The zero-order chi connectivity index (χ0) is 14.1. The molecule has 1 aromatic carbocycles. The van der Waals surface area contributed by atoms with Gasteiger partial charge in [0.05, 0.1) is 5.56 Å². The molecule has 0 radical (unpaired) electrons. The molecule has 0 spiro atoms. The number of aromatic nitrogens is 2. The minimum absolute atomic E-state index is 0.278. The van der Waals surface area contributed by atoms with Gasteiger partial charge >= 0.3 is 5.97 Å². The first-order valence-corrected chi connectivity index (χ1v) is 6.82. The van der Waals surface area contributed by atoms with E-state index in [-0.39, 0.29) is 5.56 Å². The fraction of sp³-hybridized carbons (Fsp3) is 0.312. The van der Waals surface area contributed by atoms with Crippen molar-refractivity contribution in [2.45, 2.75) is 26.2 Å². The summed E-state index contributed by atoms with van der Waals surface area (Å²) in [7, 11) is 0. The number of hydrogen-bond acceptors (Lipinski definition) is 3. The van der Waals surface area contributed by atoms with E-state index in [1.54, 1.807) is 24.3 Å². The number of hydrogen-bond donors (Lipinski definition) is 1.